The van der Waals surface area contributed by atoms with Gasteiger partial charge in [0, 0.05) is 0 Å². The van der Waals surface area contributed by atoms with E-state index in [1.54, 1.807) is 18.2 Å². The van der Waals surface area contributed by atoms with Crippen molar-refractivity contribution in [3.63, 3.8) is 0 Å². The van der Waals surface area contributed by atoms with E-state index in [9.17, 15) is 31.4 Å². The Bertz CT molecular complexity index is 1710. The summed E-state index contributed by atoms with van der Waals surface area (Å²) in [5.74, 6) is -3.81. The molecule has 0 aliphatic carbocycles. The van der Waals surface area contributed by atoms with Crippen LogP contribution in [0.15, 0.2) is 78.9 Å². The molecule has 1 N–H and O–H groups in total. The Balaban J connectivity index is 1.46. The molecule has 1 heterocycles. The molecule has 0 bridgehead atoms. The third kappa shape index (κ3) is 6.68. The minimum absolute atomic E-state index is 0.0590. The first-order chi connectivity index (χ1) is 19.9. The van der Waals surface area contributed by atoms with Crippen molar-refractivity contribution in [3.8, 4) is 27.0 Å². The van der Waals surface area contributed by atoms with Crippen LogP contribution in [0.1, 0.15) is 31.6 Å². The molecule has 0 radical (unpaired) electrons. The number of alkyl halides is 3. The van der Waals surface area contributed by atoms with Gasteiger partial charge < -0.3 is 0 Å². The number of rotatable bonds is 7. The molecule has 1 aromatic heterocycles. The van der Waals surface area contributed by atoms with Gasteiger partial charge in [-0.3, -0.25) is 0 Å². The van der Waals surface area contributed by atoms with Gasteiger partial charge in [0.05, 0.1) is 0 Å². The van der Waals surface area contributed by atoms with Crippen LogP contribution in [-0.2, 0) is 12.6 Å². The predicted molar refractivity (Wildman–Crippen MR) is 153 cm³/mol. The number of halogens is 6. The number of nitrogens with zero attached hydrogens (tertiary/aromatic N) is 1. The van der Waals surface area contributed by atoms with Crippen LogP contribution < -0.4 is 4.46 Å². The van der Waals surface area contributed by atoms with Crippen LogP contribution >= 0.6 is 0 Å². The maximum atomic E-state index is 13.8. The van der Waals surface area contributed by atoms with Crippen LogP contribution in [0.25, 0.3) is 21.3 Å². The molecular formula is C32H23F6NOSe2. The standard InChI is InChI=1S/C32H23F6NOSe2/c1-17-13-24(11-12-27(17)40)41-28(14-19-3-5-20(6-4-19)22-15-25(33)29(35)26(34)16-22)30-18(2)39-31(42-30)21-7-9-23(10-8-21)32(36,37)38/h3-13,15-16,28,40H,14H2,1-2H3. The number of phenolic OH excluding ortho intramolecular Hbond substituents is 1. The monoisotopic (exact) mass is 711 g/mol. The van der Waals surface area contributed by atoms with E-state index in [4.69, 9.17) is 4.98 Å². The van der Waals surface area contributed by atoms with Gasteiger partial charge in [-0.05, 0) is 0 Å². The van der Waals surface area contributed by atoms with Gasteiger partial charge in [0.2, 0.25) is 0 Å². The van der Waals surface area contributed by atoms with Crippen LogP contribution in [0, 0.1) is 31.3 Å². The van der Waals surface area contributed by atoms with Gasteiger partial charge in [-0.2, -0.15) is 0 Å². The Kier molecular flexibility index (Phi) is 8.72. The minimum atomic E-state index is -4.41. The number of aryl methyl sites for hydroxylation is 2. The van der Waals surface area contributed by atoms with Crippen molar-refractivity contribution in [2.24, 2.45) is 0 Å². The van der Waals surface area contributed by atoms with Gasteiger partial charge in [0.15, 0.2) is 0 Å². The summed E-state index contributed by atoms with van der Waals surface area (Å²) in [4.78, 5) is 4.82. The van der Waals surface area contributed by atoms with Gasteiger partial charge in [0.1, 0.15) is 0 Å². The van der Waals surface area contributed by atoms with Gasteiger partial charge in [-0.25, -0.2) is 0 Å². The second kappa shape index (κ2) is 12.1. The van der Waals surface area contributed by atoms with Crippen LogP contribution in [0.3, 0.4) is 0 Å². The molecule has 42 heavy (non-hydrogen) atoms. The first kappa shape index (κ1) is 30.2. The molecule has 0 aliphatic rings. The Morgan fingerprint density at radius 2 is 1.43 bits per heavy atom. The number of aromatic hydroxyl groups is 1. The van der Waals surface area contributed by atoms with Crippen LogP contribution in [0.4, 0.5) is 26.3 Å². The van der Waals surface area contributed by atoms with Crippen molar-refractivity contribution < 1.29 is 31.4 Å². The summed E-state index contributed by atoms with van der Waals surface area (Å²) < 4.78 is 83.2. The van der Waals surface area contributed by atoms with E-state index < -0.39 is 29.2 Å². The SMILES string of the molecule is Cc1cc([Se]C(Cc2ccc(-c3cc(F)c(F)c(F)c3)cc2)c2[se]c(-c3ccc(C(F)(F)F)cc3)nc2C)ccc1O. The van der Waals surface area contributed by atoms with E-state index in [1.807, 2.05) is 38.1 Å². The molecule has 0 amide bonds. The molecule has 0 fully saturated rings. The predicted octanol–water partition coefficient (Wildman–Crippen LogP) is 7.54. The molecule has 0 spiro atoms. The first-order valence-corrected chi connectivity index (χ1v) is 16.3. The van der Waals surface area contributed by atoms with E-state index in [0.29, 0.717) is 17.5 Å². The Labute approximate surface area is 251 Å². The quantitative estimate of drug-likeness (QED) is 0.108. The second-order valence-corrected chi connectivity index (χ2v) is 14.6. The van der Waals surface area contributed by atoms with Crippen molar-refractivity contribution >= 4 is 33.9 Å². The number of aromatic nitrogens is 1. The van der Waals surface area contributed by atoms with E-state index >= 15 is 0 Å². The topological polar surface area (TPSA) is 33.1 Å². The average Bonchev–Trinajstić information content (AvgIpc) is 3.34. The zero-order valence-electron chi connectivity index (χ0n) is 22.3. The zero-order chi connectivity index (χ0) is 30.2. The summed E-state index contributed by atoms with van der Waals surface area (Å²) in [6, 6.07) is 19.7. The molecule has 0 aliphatic heterocycles. The zero-order valence-corrected chi connectivity index (χ0v) is 25.7. The molecule has 5 aromatic rings. The van der Waals surface area contributed by atoms with Crippen molar-refractivity contribution in [2.75, 3.05) is 0 Å². The van der Waals surface area contributed by atoms with Crippen molar-refractivity contribution in [3.05, 3.63) is 123 Å². The van der Waals surface area contributed by atoms with Crippen LogP contribution in [0.2, 0.25) is 0 Å². The molecule has 4 aromatic carbocycles. The molecule has 5 rings (SSSR count). The summed E-state index contributed by atoms with van der Waals surface area (Å²) >= 11 is -0.297. The maximum absolute atomic E-state index is 13.8. The summed E-state index contributed by atoms with van der Waals surface area (Å²) in [6.45, 7) is 3.75. The molecule has 1 unspecified atom stereocenters. The van der Waals surface area contributed by atoms with E-state index in [1.165, 1.54) is 12.1 Å². The average molecular weight is 709 g/mol. The molecule has 216 valence electrons. The van der Waals surface area contributed by atoms with Gasteiger partial charge in [-0.15, -0.1) is 0 Å². The number of phenols is 1. The molecule has 2 nitrogen and oxygen atoms in total. The second-order valence-electron chi connectivity index (χ2n) is 9.75. The fourth-order valence-corrected chi connectivity index (χ4v) is 10.4. The summed E-state index contributed by atoms with van der Waals surface area (Å²) in [5.41, 5.74) is 3.31. The normalized spacial score (nSPS) is 12.5. The summed E-state index contributed by atoms with van der Waals surface area (Å²) in [5, 5.41) is 10.0. The van der Waals surface area contributed by atoms with Gasteiger partial charge in [0.25, 0.3) is 0 Å². The van der Waals surface area contributed by atoms with Crippen molar-refractivity contribution in [1.29, 1.82) is 0 Å². The van der Waals surface area contributed by atoms with Crippen LogP contribution in [-0.4, -0.2) is 39.6 Å². The third-order valence-corrected chi connectivity index (χ3v) is 12.8. The van der Waals surface area contributed by atoms with Crippen molar-refractivity contribution in [2.45, 2.75) is 31.3 Å². The van der Waals surface area contributed by atoms with Crippen LogP contribution in [0.5, 0.6) is 5.75 Å². The third-order valence-electron chi connectivity index (χ3n) is 6.72. The van der Waals surface area contributed by atoms with Crippen molar-refractivity contribution in [1.82, 2.24) is 4.98 Å². The Morgan fingerprint density at radius 3 is 2.02 bits per heavy atom. The molecule has 0 saturated heterocycles. The number of benzene rings is 4. The molecule has 10 heteroatoms. The summed E-state index contributed by atoms with van der Waals surface area (Å²) in [6.07, 6.45) is -3.78. The van der Waals surface area contributed by atoms with E-state index in [2.05, 4.69) is 0 Å². The van der Waals surface area contributed by atoms with E-state index in [-0.39, 0.29) is 45.6 Å². The molecular weight excluding hydrogens is 686 g/mol. The van der Waals surface area contributed by atoms with Gasteiger partial charge >= 0.3 is 252 Å². The molecule has 1 atom stereocenters. The fourth-order valence-electron chi connectivity index (χ4n) is 4.46. The summed E-state index contributed by atoms with van der Waals surface area (Å²) in [7, 11) is 0. The van der Waals surface area contributed by atoms with Gasteiger partial charge in [-0.1, -0.05) is 0 Å². The number of hydrogen-bond acceptors (Lipinski definition) is 2. The number of hydrogen-bond donors (Lipinski definition) is 1. The molecule has 0 saturated carbocycles. The Morgan fingerprint density at radius 1 is 0.810 bits per heavy atom. The fraction of sp³-hybridized carbons (Fsp3) is 0.156. The van der Waals surface area contributed by atoms with E-state index in [0.717, 1.165) is 54.6 Å². The Hall–Kier alpha value is -3.29. The first-order valence-electron chi connectivity index (χ1n) is 12.7.